The second kappa shape index (κ2) is 14.6. The first-order valence-corrected chi connectivity index (χ1v) is 13.0. The van der Waals surface area contributed by atoms with Gasteiger partial charge in [-0.1, -0.05) is 30.3 Å². The highest BCUT2D eigenvalue weighted by Gasteiger charge is 2.31. The number of aliphatic hydroxyl groups excluding tert-OH is 1. The number of nitrogens with one attached hydrogen (secondary N) is 4. The molecule has 14 heteroatoms. The van der Waals surface area contributed by atoms with Gasteiger partial charge in [0, 0.05) is 36.4 Å². The van der Waals surface area contributed by atoms with Crippen LogP contribution < -0.4 is 21.7 Å². The van der Waals surface area contributed by atoms with E-state index < -0.39 is 60.4 Å². The summed E-state index contributed by atoms with van der Waals surface area (Å²) in [4.78, 5) is 64.7. The number of aromatic nitrogens is 1. The Morgan fingerprint density at radius 1 is 0.810 bits per heavy atom. The van der Waals surface area contributed by atoms with Crippen molar-refractivity contribution in [2.75, 3.05) is 6.61 Å². The molecule has 0 aliphatic rings. The number of aliphatic carboxylic acids is 2. The van der Waals surface area contributed by atoms with Crippen LogP contribution in [0.2, 0.25) is 0 Å². The summed E-state index contributed by atoms with van der Waals surface area (Å²) in [5.74, 6) is -5.16. The number of phenols is 1. The Morgan fingerprint density at radius 2 is 1.43 bits per heavy atom. The maximum Gasteiger partial charge on any atom is 0.326 e. The molecule has 4 atom stereocenters. The fraction of sp³-hybridized carbons (Fsp3) is 0.321. The Bertz CT molecular complexity index is 1420. The molecule has 2 aromatic carbocycles. The summed E-state index contributed by atoms with van der Waals surface area (Å²) in [5, 5.41) is 45.7. The first-order chi connectivity index (χ1) is 20.0. The number of carbonyl (C=O) groups is 5. The number of benzene rings is 2. The van der Waals surface area contributed by atoms with Crippen molar-refractivity contribution in [1.29, 1.82) is 0 Å². The minimum atomic E-state index is -1.57. The minimum Gasteiger partial charge on any atom is -0.508 e. The minimum absolute atomic E-state index is 0.0187. The van der Waals surface area contributed by atoms with Crippen LogP contribution in [0.4, 0.5) is 0 Å². The molecule has 4 unspecified atom stereocenters. The zero-order valence-corrected chi connectivity index (χ0v) is 22.4. The molecule has 0 radical (unpaired) electrons. The molecule has 14 nitrogen and oxygen atoms in total. The monoisotopic (exact) mass is 583 g/mol. The van der Waals surface area contributed by atoms with Crippen LogP contribution in [0.5, 0.6) is 5.75 Å². The van der Waals surface area contributed by atoms with Crippen molar-refractivity contribution in [3.63, 3.8) is 0 Å². The molecule has 1 aromatic heterocycles. The summed E-state index contributed by atoms with van der Waals surface area (Å²) in [6.07, 6.45) is 0.919. The number of aliphatic hydroxyl groups is 1. The number of aromatic hydroxyl groups is 1. The molecule has 0 spiro atoms. The van der Waals surface area contributed by atoms with Gasteiger partial charge in [0.25, 0.3) is 0 Å². The SMILES string of the molecule is NC(CCC(=O)O)C(=O)NC(Cc1c[nH]c2ccccc12)C(=O)NC(CO)C(=O)NC(Cc1ccc(O)cc1)C(=O)O. The van der Waals surface area contributed by atoms with Crippen molar-refractivity contribution in [1.82, 2.24) is 20.9 Å². The number of rotatable bonds is 15. The molecule has 224 valence electrons. The number of carbonyl (C=O) groups excluding carboxylic acids is 3. The number of H-pyrrole nitrogens is 1. The van der Waals surface area contributed by atoms with Crippen molar-refractivity contribution in [2.24, 2.45) is 5.73 Å². The highest BCUT2D eigenvalue weighted by atomic mass is 16.4. The Labute approximate surface area is 239 Å². The molecule has 0 saturated carbocycles. The van der Waals surface area contributed by atoms with Gasteiger partial charge < -0.3 is 47.1 Å². The van der Waals surface area contributed by atoms with E-state index in [-0.39, 0.29) is 31.4 Å². The van der Waals surface area contributed by atoms with Crippen molar-refractivity contribution in [3.8, 4) is 5.75 Å². The van der Waals surface area contributed by atoms with Crippen LogP contribution in [0.25, 0.3) is 10.9 Å². The van der Waals surface area contributed by atoms with E-state index in [0.717, 1.165) is 10.9 Å². The van der Waals surface area contributed by atoms with Gasteiger partial charge in [0.1, 0.15) is 23.9 Å². The van der Waals surface area contributed by atoms with Crippen molar-refractivity contribution >= 4 is 40.6 Å². The fourth-order valence-electron chi connectivity index (χ4n) is 4.23. The van der Waals surface area contributed by atoms with Gasteiger partial charge >= 0.3 is 11.9 Å². The van der Waals surface area contributed by atoms with E-state index in [9.17, 15) is 39.3 Å². The first-order valence-electron chi connectivity index (χ1n) is 13.0. The molecule has 0 aliphatic heterocycles. The third kappa shape index (κ3) is 8.78. The van der Waals surface area contributed by atoms with E-state index in [4.69, 9.17) is 10.8 Å². The molecular weight excluding hydrogens is 550 g/mol. The van der Waals surface area contributed by atoms with Crippen LogP contribution in [-0.2, 0) is 36.8 Å². The van der Waals surface area contributed by atoms with E-state index in [1.807, 2.05) is 12.1 Å². The number of carboxylic acid groups (broad SMARTS) is 2. The number of carboxylic acids is 2. The first kappa shape index (κ1) is 31.6. The van der Waals surface area contributed by atoms with Crippen molar-refractivity contribution in [3.05, 3.63) is 65.9 Å². The summed E-state index contributed by atoms with van der Waals surface area (Å²) >= 11 is 0. The summed E-state index contributed by atoms with van der Waals surface area (Å²) < 4.78 is 0. The molecule has 3 amide bonds. The predicted molar refractivity (Wildman–Crippen MR) is 149 cm³/mol. The molecule has 3 rings (SSSR count). The Kier molecular flexibility index (Phi) is 11.0. The third-order valence-corrected chi connectivity index (χ3v) is 6.54. The Hall–Kier alpha value is -4.95. The lowest BCUT2D eigenvalue weighted by atomic mass is 10.0. The van der Waals surface area contributed by atoms with Crippen LogP contribution in [-0.4, -0.2) is 85.8 Å². The van der Waals surface area contributed by atoms with E-state index in [0.29, 0.717) is 11.1 Å². The lowest BCUT2D eigenvalue weighted by Gasteiger charge is -2.24. The number of hydrogen-bond donors (Lipinski definition) is 9. The maximum absolute atomic E-state index is 13.3. The number of hydrogen-bond acceptors (Lipinski definition) is 8. The van der Waals surface area contributed by atoms with Crippen molar-refractivity contribution < 1.29 is 44.4 Å². The topological polar surface area (TPSA) is 244 Å². The molecule has 0 fully saturated rings. The second-order valence-electron chi connectivity index (χ2n) is 9.68. The highest BCUT2D eigenvalue weighted by Crippen LogP contribution is 2.19. The standard InChI is InChI=1S/C28H33N5O9/c29-19(9-10-24(36)37)25(38)31-21(12-16-13-30-20-4-2-1-3-18(16)20)26(39)33-23(14-34)27(40)32-22(28(41)42)11-15-5-7-17(35)8-6-15/h1-8,13,19,21-23,30,34-35H,9-12,14,29H2,(H,31,38)(H,32,40)(H,33,39)(H,36,37)(H,41,42). The van der Waals surface area contributed by atoms with E-state index in [1.54, 1.807) is 18.3 Å². The van der Waals surface area contributed by atoms with Crippen LogP contribution in [0.3, 0.4) is 0 Å². The van der Waals surface area contributed by atoms with Crippen LogP contribution in [0, 0.1) is 0 Å². The normalized spacial score (nSPS) is 13.9. The molecule has 10 N–H and O–H groups in total. The van der Waals surface area contributed by atoms with Gasteiger partial charge in [-0.05, 0) is 35.7 Å². The van der Waals surface area contributed by atoms with Crippen LogP contribution >= 0.6 is 0 Å². The van der Waals surface area contributed by atoms with E-state index >= 15 is 0 Å². The number of fused-ring (bicyclic) bond motifs is 1. The maximum atomic E-state index is 13.3. The quantitative estimate of drug-likeness (QED) is 0.110. The average molecular weight is 584 g/mol. The average Bonchev–Trinajstić information content (AvgIpc) is 3.37. The fourth-order valence-corrected chi connectivity index (χ4v) is 4.23. The summed E-state index contributed by atoms with van der Waals surface area (Å²) in [6.45, 7) is -0.880. The zero-order valence-electron chi connectivity index (χ0n) is 22.4. The molecule has 0 bridgehead atoms. The molecule has 42 heavy (non-hydrogen) atoms. The van der Waals surface area contributed by atoms with E-state index in [2.05, 4.69) is 20.9 Å². The van der Waals surface area contributed by atoms with Gasteiger partial charge in [0.2, 0.25) is 17.7 Å². The number of nitrogens with two attached hydrogens (primary N) is 1. The molecular formula is C28H33N5O9. The molecule has 3 aromatic rings. The van der Waals surface area contributed by atoms with Crippen molar-refractivity contribution in [2.45, 2.75) is 49.9 Å². The van der Waals surface area contributed by atoms with Crippen LogP contribution in [0.15, 0.2) is 54.7 Å². The summed E-state index contributed by atoms with van der Waals surface area (Å²) in [5.41, 5.74) is 7.75. The lowest BCUT2D eigenvalue weighted by Crippen LogP contribution is -2.58. The van der Waals surface area contributed by atoms with Gasteiger partial charge in [0.05, 0.1) is 12.6 Å². The Morgan fingerprint density at radius 3 is 2.07 bits per heavy atom. The molecule has 1 heterocycles. The number of amides is 3. The van der Waals surface area contributed by atoms with Gasteiger partial charge in [-0.25, -0.2) is 4.79 Å². The highest BCUT2D eigenvalue weighted by molar-refractivity contribution is 5.95. The second-order valence-corrected chi connectivity index (χ2v) is 9.68. The summed E-state index contributed by atoms with van der Waals surface area (Å²) in [6, 6.07) is 7.43. The van der Waals surface area contributed by atoms with Gasteiger partial charge in [-0.3, -0.25) is 19.2 Å². The summed E-state index contributed by atoms with van der Waals surface area (Å²) in [7, 11) is 0. The zero-order chi connectivity index (χ0) is 30.8. The number of para-hydroxylation sites is 1. The van der Waals surface area contributed by atoms with Gasteiger partial charge in [0.15, 0.2) is 0 Å². The van der Waals surface area contributed by atoms with Crippen LogP contribution in [0.1, 0.15) is 24.0 Å². The lowest BCUT2D eigenvalue weighted by molar-refractivity contribution is -0.142. The van der Waals surface area contributed by atoms with E-state index in [1.165, 1.54) is 24.3 Å². The smallest absolute Gasteiger partial charge is 0.326 e. The Balaban J connectivity index is 1.75. The van der Waals surface area contributed by atoms with Gasteiger partial charge in [-0.2, -0.15) is 0 Å². The third-order valence-electron chi connectivity index (χ3n) is 6.54. The predicted octanol–water partition coefficient (Wildman–Crippen LogP) is -0.618. The number of phenolic OH excluding ortho intramolecular Hbond substituents is 1. The molecule has 0 saturated heterocycles. The van der Waals surface area contributed by atoms with Gasteiger partial charge in [-0.15, -0.1) is 0 Å². The largest absolute Gasteiger partial charge is 0.508 e. The number of aromatic amines is 1. The molecule has 0 aliphatic carbocycles.